The summed E-state index contributed by atoms with van der Waals surface area (Å²) in [4.78, 5) is 17.0. The van der Waals surface area contributed by atoms with Crippen LogP contribution >= 0.6 is 24.0 Å². The predicted octanol–water partition coefficient (Wildman–Crippen LogP) is 4.07. The standard InChI is InChI=1S/C19H22N2O2S2/c1-3-9-21-18(22)17(25-19(21)24)12-14-7-8-15(13-16(14)23-2)20-10-5-4-6-11-20/h3,7-8,12-13H,1,4-6,9-11H2,2H3/b17-12-. The molecule has 0 radical (unpaired) electrons. The summed E-state index contributed by atoms with van der Waals surface area (Å²) in [6, 6.07) is 6.18. The van der Waals surface area contributed by atoms with Crippen LogP contribution < -0.4 is 9.64 Å². The molecule has 0 N–H and O–H groups in total. The monoisotopic (exact) mass is 374 g/mol. The molecule has 2 aliphatic rings. The number of piperidine rings is 1. The molecule has 2 saturated heterocycles. The summed E-state index contributed by atoms with van der Waals surface area (Å²) in [6.45, 7) is 6.29. The molecular formula is C19H22N2O2S2. The number of hydrogen-bond donors (Lipinski definition) is 0. The zero-order valence-corrected chi connectivity index (χ0v) is 16.0. The summed E-state index contributed by atoms with van der Waals surface area (Å²) in [5.74, 6) is 0.703. The first-order chi connectivity index (χ1) is 12.1. The summed E-state index contributed by atoms with van der Waals surface area (Å²) >= 11 is 6.61. The van der Waals surface area contributed by atoms with Crippen LogP contribution in [0.4, 0.5) is 5.69 Å². The molecule has 3 rings (SSSR count). The number of hydrogen-bond acceptors (Lipinski definition) is 5. The molecular weight excluding hydrogens is 352 g/mol. The third-order valence-corrected chi connectivity index (χ3v) is 5.79. The van der Waals surface area contributed by atoms with E-state index >= 15 is 0 Å². The molecule has 0 spiro atoms. The van der Waals surface area contributed by atoms with Gasteiger partial charge >= 0.3 is 0 Å². The van der Waals surface area contributed by atoms with E-state index in [1.807, 2.05) is 12.1 Å². The van der Waals surface area contributed by atoms with Crippen molar-refractivity contribution in [1.29, 1.82) is 0 Å². The van der Waals surface area contributed by atoms with Gasteiger partial charge < -0.3 is 9.64 Å². The Morgan fingerprint density at radius 1 is 1.32 bits per heavy atom. The van der Waals surface area contributed by atoms with Gasteiger partial charge in [0.15, 0.2) is 0 Å². The Hall–Kier alpha value is -1.79. The maximum Gasteiger partial charge on any atom is 0.266 e. The number of carbonyl (C=O) groups is 1. The first kappa shape index (κ1) is 18.0. The van der Waals surface area contributed by atoms with Crippen molar-refractivity contribution in [3.05, 3.63) is 41.3 Å². The third-order valence-electron chi connectivity index (χ3n) is 4.41. The van der Waals surface area contributed by atoms with E-state index in [9.17, 15) is 4.79 Å². The largest absolute Gasteiger partial charge is 0.496 e. The maximum atomic E-state index is 12.5. The van der Waals surface area contributed by atoms with E-state index in [0.29, 0.717) is 15.8 Å². The second kappa shape index (κ2) is 8.06. The average Bonchev–Trinajstić information content (AvgIpc) is 2.90. The van der Waals surface area contributed by atoms with Crippen LogP contribution in [0.1, 0.15) is 24.8 Å². The normalized spacial score (nSPS) is 19.6. The highest BCUT2D eigenvalue weighted by atomic mass is 32.2. The molecule has 25 heavy (non-hydrogen) atoms. The number of thiocarbonyl (C=S) groups is 1. The Morgan fingerprint density at radius 3 is 2.76 bits per heavy atom. The fourth-order valence-corrected chi connectivity index (χ4v) is 4.36. The Balaban J connectivity index is 1.86. The van der Waals surface area contributed by atoms with Crippen LogP contribution in [0.3, 0.4) is 0 Å². The lowest BCUT2D eigenvalue weighted by molar-refractivity contribution is -0.121. The van der Waals surface area contributed by atoms with Gasteiger partial charge in [0, 0.05) is 37.0 Å². The van der Waals surface area contributed by atoms with E-state index < -0.39 is 0 Å². The average molecular weight is 375 g/mol. The van der Waals surface area contributed by atoms with Crippen molar-refractivity contribution in [1.82, 2.24) is 4.90 Å². The maximum absolute atomic E-state index is 12.5. The number of carbonyl (C=O) groups excluding carboxylic acids is 1. The number of benzene rings is 1. The zero-order valence-electron chi connectivity index (χ0n) is 14.4. The van der Waals surface area contributed by atoms with Crippen molar-refractivity contribution < 1.29 is 9.53 Å². The van der Waals surface area contributed by atoms with Gasteiger partial charge in [-0.3, -0.25) is 9.69 Å². The number of methoxy groups -OCH3 is 1. The Morgan fingerprint density at radius 2 is 2.08 bits per heavy atom. The van der Waals surface area contributed by atoms with Crippen molar-refractivity contribution in [2.45, 2.75) is 19.3 Å². The zero-order chi connectivity index (χ0) is 17.8. The summed E-state index contributed by atoms with van der Waals surface area (Å²) < 4.78 is 6.14. The highest BCUT2D eigenvalue weighted by molar-refractivity contribution is 8.26. The Kier molecular flexibility index (Phi) is 5.81. The van der Waals surface area contributed by atoms with E-state index in [4.69, 9.17) is 17.0 Å². The number of ether oxygens (including phenoxy) is 1. The molecule has 1 amide bonds. The molecule has 0 aliphatic carbocycles. The summed E-state index contributed by atoms with van der Waals surface area (Å²) in [6.07, 6.45) is 7.31. The molecule has 2 fully saturated rings. The SMILES string of the molecule is C=CCN1C(=O)/C(=C/c2ccc(N3CCCCC3)cc2OC)SC1=S. The minimum Gasteiger partial charge on any atom is -0.496 e. The molecule has 0 bridgehead atoms. The van der Waals surface area contributed by atoms with Gasteiger partial charge in [0.05, 0.1) is 12.0 Å². The van der Waals surface area contributed by atoms with Crippen LogP contribution in [-0.4, -0.2) is 41.9 Å². The fraction of sp³-hybridized carbons (Fsp3) is 0.368. The predicted molar refractivity (Wildman–Crippen MR) is 109 cm³/mol. The van der Waals surface area contributed by atoms with E-state index in [1.165, 1.54) is 36.7 Å². The lowest BCUT2D eigenvalue weighted by Gasteiger charge is -2.29. The van der Waals surface area contributed by atoms with Gasteiger partial charge in [-0.1, -0.05) is 30.1 Å². The second-order valence-electron chi connectivity index (χ2n) is 6.05. The highest BCUT2D eigenvalue weighted by Crippen LogP contribution is 2.35. The van der Waals surface area contributed by atoms with Gasteiger partial charge in [0.2, 0.25) is 0 Å². The number of nitrogens with zero attached hydrogens (tertiary/aromatic N) is 2. The number of thioether (sulfide) groups is 1. The molecule has 6 heteroatoms. The van der Waals surface area contributed by atoms with Crippen LogP contribution in [0.2, 0.25) is 0 Å². The molecule has 1 aromatic rings. The van der Waals surface area contributed by atoms with Crippen LogP contribution in [-0.2, 0) is 4.79 Å². The molecule has 2 heterocycles. The fourth-order valence-electron chi connectivity index (χ4n) is 3.10. The molecule has 0 saturated carbocycles. The summed E-state index contributed by atoms with van der Waals surface area (Å²) in [7, 11) is 1.66. The Bertz CT molecular complexity index is 724. The van der Waals surface area contributed by atoms with E-state index in [1.54, 1.807) is 18.1 Å². The van der Waals surface area contributed by atoms with Gasteiger partial charge in [-0.2, -0.15) is 0 Å². The number of amides is 1. The van der Waals surface area contributed by atoms with Crippen LogP contribution in [0, 0.1) is 0 Å². The van der Waals surface area contributed by atoms with Gasteiger partial charge in [-0.05, 0) is 37.5 Å². The van der Waals surface area contributed by atoms with Crippen molar-refractivity contribution in [3.63, 3.8) is 0 Å². The molecule has 4 nitrogen and oxygen atoms in total. The molecule has 0 aromatic heterocycles. The second-order valence-corrected chi connectivity index (χ2v) is 7.73. The van der Waals surface area contributed by atoms with Crippen molar-refractivity contribution in [2.24, 2.45) is 0 Å². The van der Waals surface area contributed by atoms with Gasteiger partial charge in [0.25, 0.3) is 5.91 Å². The molecule has 2 aliphatic heterocycles. The summed E-state index contributed by atoms with van der Waals surface area (Å²) in [5.41, 5.74) is 2.07. The van der Waals surface area contributed by atoms with Crippen molar-refractivity contribution in [2.75, 3.05) is 31.6 Å². The number of rotatable bonds is 5. The van der Waals surface area contributed by atoms with Crippen LogP contribution in [0.25, 0.3) is 6.08 Å². The quantitative estimate of drug-likeness (QED) is 0.441. The molecule has 1 aromatic carbocycles. The minimum absolute atomic E-state index is 0.0722. The molecule has 132 valence electrons. The molecule has 0 unspecified atom stereocenters. The van der Waals surface area contributed by atoms with E-state index in [2.05, 4.69) is 23.6 Å². The van der Waals surface area contributed by atoms with E-state index in [0.717, 1.165) is 24.4 Å². The molecule has 0 atom stereocenters. The van der Waals surface area contributed by atoms with E-state index in [-0.39, 0.29) is 5.91 Å². The van der Waals surface area contributed by atoms with Crippen LogP contribution in [0.5, 0.6) is 5.75 Å². The van der Waals surface area contributed by atoms with Gasteiger partial charge in [-0.25, -0.2) is 0 Å². The van der Waals surface area contributed by atoms with Gasteiger partial charge in [-0.15, -0.1) is 6.58 Å². The van der Waals surface area contributed by atoms with Crippen molar-refractivity contribution in [3.8, 4) is 5.75 Å². The lowest BCUT2D eigenvalue weighted by Crippen LogP contribution is -2.29. The Labute approximate surface area is 158 Å². The smallest absolute Gasteiger partial charge is 0.266 e. The third kappa shape index (κ3) is 3.90. The first-order valence-electron chi connectivity index (χ1n) is 8.43. The number of anilines is 1. The topological polar surface area (TPSA) is 32.8 Å². The minimum atomic E-state index is -0.0722. The first-order valence-corrected chi connectivity index (χ1v) is 9.65. The van der Waals surface area contributed by atoms with Gasteiger partial charge in [0.1, 0.15) is 10.1 Å². The van der Waals surface area contributed by atoms with Crippen molar-refractivity contribution >= 4 is 46.0 Å². The lowest BCUT2D eigenvalue weighted by atomic mass is 10.1. The summed E-state index contributed by atoms with van der Waals surface area (Å²) in [5, 5.41) is 0. The highest BCUT2D eigenvalue weighted by Gasteiger charge is 2.31. The van der Waals surface area contributed by atoms with Crippen LogP contribution in [0.15, 0.2) is 35.8 Å².